The van der Waals surface area contributed by atoms with Crippen LogP contribution in [0.2, 0.25) is 0 Å². The predicted octanol–water partition coefficient (Wildman–Crippen LogP) is 1.82. The van der Waals surface area contributed by atoms with E-state index >= 15 is 0 Å². The van der Waals surface area contributed by atoms with E-state index in [-0.39, 0.29) is 17.2 Å². The molecular formula is C15H16FN3O2. The maximum atomic E-state index is 13.5. The number of hydrogen-bond acceptors (Lipinski definition) is 4. The molecule has 21 heavy (non-hydrogen) atoms. The molecule has 1 aliphatic heterocycles. The Morgan fingerprint density at radius 1 is 1.38 bits per heavy atom. The molecule has 0 bridgehead atoms. The number of para-hydroxylation sites is 1. The summed E-state index contributed by atoms with van der Waals surface area (Å²) >= 11 is 0. The van der Waals surface area contributed by atoms with Crippen LogP contribution < -0.4 is 11.1 Å². The SMILES string of the molecule is NC1(C(=O)Nc2cnc3c(F)cccc3c2)CCOCC1. The van der Waals surface area contributed by atoms with Crippen LogP contribution in [0.15, 0.2) is 30.5 Å². The summed E-state index contributed by atoms with van der Waals surface area (Å²) in [5.74, 6) is -0.645. The molecule has 1 fully saturated rings. The maximum Gasteiger partial charge on any atom is 0.244 e. The third-order valence-electron chi connectivity index (χ3n) is 3.76. The number of nitrogens with two attached hydrogens (primary N) is 1. The van der Waals surface area contributed by atoms with E-state index in [1.807, 2.05) is 0 Å². The monoisotopic (exact) mass is 289 g/mol. The van der Waals surface area contributed by atoms with E-state index in [2.05, 4.69) is 10.3 Å². The molecule has 110 valence electrons. The van der Waals surface area contributed by atoms with Gasteiger partial charge >= 0.3 is 0 Å². The topological polar surface area (TPSA) is 77.2 Å². The van der Waals surface area contributed by atoms with Crippen molar-refractivity contribution in [2.24, 2.45) is 5.73 Å². The van der Waals surface area contributed by atoms with Crippen LogP contribution in [0.1, 0.15) is 12.8 Å². The largest absolute Gasteiger partial charge is 0.381 e. The number of benzene rings is 1. The summed E-state index contributed by atoms with van der Waals surface area (Å²) in [6.07, 6.45) is 2.40. The summed E-state index contributed by atoms with van der Waals surface area (Å²) in [7, 11) is 0. The minimum atomic E-state index is -0.921. The lowest BCUT2D eigenvalue weighted by Crippen LogP contribution is -2.54. The fraction of sp³-hybridized carbons (Fsp3) is 0.333. The Morgan fingerprint density at radius 2 is 2.14 bits per heavy atom. The number of aromatic nitrogens is 1. The highest BCUT2D eigenvalue weighted by atomic mass is 19.1. The molecule has 1 aliphatic rings. The molecule has 0 saturated carbocycles. The van der Waals surface area contributed by atoms with Crippen LogP contribution in [-0.2, 0) is 9.53 Å². The van der Waals surface area contributed by atoms with Crippen LogP contribution in [0.4, 0.5) is 10.1 Å². The lowest BCUT2D eigenvalue weighted by Gasteiger charge is -2.31. The van der Waals surface area contributed by atoms with Gasteiger partial charge in [-0.05, 0) is 25.0 Å². The van der Waals surface area contributed by atoms with Gasteiger partial charge in [-0.3, -0.25) is 9.78 Å². The number of amides is 1. The zero-order chi connectivity index (χ0) is 14.9. The van der Waals surface area contributed by atoms with Crippen molar-refractivity contribution in [1.82, 2.24) is 4.98 Å². The first-order valence-electron chi connectivity index (χ1n) is 6.81. The van der Waals surface area contributed by atoms with Crippen molar-refractivity contribution in [2.75, 3.05) is 18.5 Å². The maximum absolute atomic E-state index is 13.5. The van der Waals surface area contributed by atoms with Gasteiger partial charge in [0.25, 0.3) is 0 Å². The molecule has 0 aliphatic carbocycles. The second kappa shape index (κ2) is 5.38. The van der Waals surface area contributed by atoms with Crippen LogP contribution in [-0.4, -0.2) is 29.6 Å². The zero-order valence-corrected chi connectivity index (χ0v) is 11.4. The van der Waals surface area contributed by atoms with E-state index in [0.29, 0.717) is 37.1 Å². The summed E-state index contributed by atoms with van der Waals surface area (Å²) in [4.78, 5) is 16.3. The third kappa shape index (κ3) is 2.72. The molecule has 0 unspecified atom stereocenters. The van der Waals surface area contributed by atoms with Crippen molar-refractivity contribution in [2.45, 2.75) is 18.4 Å². The molecule has 6 heteroatoms. The van der Waals surface area contributed by atoms with Crippen molar-refractivity contribution in [3.05, 3.63) is 36.3 Å². The molecule has 3 rings (SSSR count). The first kappa shape index (κ1) is 13.9. The number of fused-ring (bicyclic) bond motifs is 1. The Labute approximate surface area is 121 Å². The van der Waals surface area contributed by atoms with E-state index in [0.717, 1.165) is 0 Å². The van der Waals surface area contributed by atoms with Crippen LogP contribution >= 0.6 is 0 Å². The number of nitrogens with zero attached hydrogens (tertiary/aromatic N) is 1. The highest BCUT2D eigenvalue weighted by Gasteiger charge is 2.35. The normalized spacial score (nSPS) is 17.6. The van der Waals surface area contributed by atoms with Gasteiger partial charge in [-0.25, -0.2) is 4.39 Å². The molecule has 3 N–H and O–H groups in total. The Morgan fingerprint density at radius 3 is 2.90 bits per heavy atom. The number of nitrogens with one attached hydrogen (secondary N) is 1. The second-order valence-electron chi connectivity index (χ2n) is 5.26. The number of hydrogen-bond donors (Lipinski definition) is 2. The van der Waals surface area contributed by atoms with Crippen LogP contribution in [0, 0.1) is 5.82 Å². The molecular weight excluding hydrogens is 273 g/mol. The fourth-order valence-electron chi connectivity index (χ4n) is 2.41. The summed E-state index contributed by atoms with van der Waals surface area (Å²) in [5, 5.41) is 3.39. The summed E-state index contributed by atoms with van der Waals surface area (Å²) < 4.78 is 18.8. The number of pyridine rings is 1. The highest BCUT2D eigenvalue weighted by Crippen LogP contribution is 2.22. The van der Waals surface area contributed by atoms with Gasteiger partial charge in [0.1, 0.15) is 16.9 Å². The van der Waals surface area contributed by atoms with Gasteiger partial charge < -0.3 is 15.8 Å². The van der Waals surface area contributed by atoms with Crippen molar-refractivity contribution in [1.29, 1.82) is 0 Å². The van der Waals surface area contributed by atoms with Crippen molar-refractivity contribution in [3.8, 4) is 0 Å². The van der Waals surface area contributed by atoms with E-state index in [1.165, 1.54) is 12.3 Å². The predicted molar refractivity (Wildman–Crippen MR) is 77.3 cm³/mol. The molecule has 1 aromatic carbocycles. The molecule has 0 radical (unpaired) electrons. The lowest BCUT2D eigenvalue weighted by atomic mass is 9.90. The van der Waals surface area contributed by atoms with Crippen molar-refractivity contribution in [3.63, 3.8) is 0 Å². The molecule has 5 nitrogen and oxygen atoms in total. The van der Waals surface area contributed by atoms with Crippen molar-refractivity contribution < 1.29 is 13.9 Å². The molecule has 1 aromatic heterocycles. The van der Waals surface area contributed by atoms with Gasteiger partial charge in [0, 0.05) is 18.6 Å². The number of ether oxygens (including phenoxy) is 1. The summed E-state index contributed by atoms with van der Waals surface area (Å²) in [6.45, 7) is 0.955. The Bertz CT molecular complexity index is 684. The minimum absolute atomic E-state index is 0.261. The third-order valence-corrected chi connectivity index (χ3v) is 3.76. The number of carbonyl (C=O) groups is 1. The molecule has 0 spiro atoms. The zero-order valence-electron chi connectivity index (χ0n) is 11.4. The molecule has 1 saturated heterocycles. The first-order chi connectivity index (χ1) is 10.1. The highest BCUT2D eigenvalue weighted by molar-refractivity contribution is 5.99. The molecule has 2 heterocycles. The average molecular weight is 289 g/mol. The van der Waals surface area contributed by atoms with E-state index in [1.54, 1.807) is 18.2 Å². The second-order valence-corrected chi connectivity index (χ2v) is 5.26. The van der Waals surface area contributed by atoms with E-state index < -0.39 is 5.54 Å². The fourth-order valence-corrected chi connectivity index (χ4v) is 2.41. The van der Waals surface area contributed by atoms with Gasteiger partial charge in [0.2, 0.25) is 5.91 Å². The van der Waals surface area contributed by atoms with Gasteiger partial charge in [-0.1, -0.05) is 12.1 Å². The standard InChI is InChI=1S/C15H16FN3O2/c16-12-3-1-2-10-8-11(9-18-13(10)12)19-14(20)15(17)4-6-21-7-5-15/h1-3,8-9H,4-7,17H2,(H,19,20). The Balaban J connectivity index is 1.83. The van der Waals surface area contributed by atoms with Gasteiger partial charge in [-0.2, -0.15) is 0 Å². The van der Waals surface area contributed by atoms with E-state index in [4.69, 9.17) is 10.5 Å². The summed E-state index contributed by atoms with van der Waals surface area (Å²) in [6, 6.07) is 6.39. The lowest BCUT2D eigenvalue weighted by molar-refractivity contribution is -0.124. The van der Waals surface area contributed by atoms with Gasteiger partial charge in [-0.15, -0.1) is 0 Å². The van der Waals surface area contributed by atoms with Crippen LogP contribution in [0.5, 0.6) is 0 Å². The molecule has 1 amide bonds. The average Bonchev–Trinajstić information content (AvgIpc) is 2.48. The summed E-state index contributed by atoms with van der Waals surface area (Å²) in [5.41, 5.74) is 5.98. The molecule has 0 atom stereocenters. The number of rotatable bonds is 2. The van der Waals surface area contributed by atoms with Crippen LogP contribution in [0.3, 0.4) is 0 Å². The number of halogens is 1. The number of carbonyl (C=O) groups excluding carboxylic acids is 1. The Hall–Kier alpha value is -2.05. The quantitative estimate of drug-likeness (QED) is 0.884. The van der Waals surface area contributed by atoms with Crippen molar-refractivity contribution >= 4 is 22.5 Å². The first-order valence-corrected chi connectivity index (χ1v) is 6.81. The smallest absolute Gasteiger partial charge is 0.244 e. The Kier molecular flexibility index (Phi) is 3.57. The molecule has 2 aromatic rings. The van der Waals surface area contributed by atoms with Crippen LogP contribution in [0.25, 0.3) is 10.9 Å². The van der Waals surface area contributed by atoms with E-state index in [9.17, 15) is 9.18 Å². The number of anilines is 1. The minimum Gasteiger partial charge on any atom is -0.381 e. The van der Waals surface area contributed by atoms with Gasteiger partial charge in [0.05, 0.1) is 11.9 Å². The van der Waals surface area contributed by atoms with Gasteiger partial charge in [0.15, 0.2) is 0 Å².